The summed E-state index contributed by atoms with van der Waals surface area (Å²) in [5, 5.41) is 8.84. The van der Waals surface area contributed by atoms with E-state index < -0.39 is 17.5 Å². The minimum atomic E-state index is -0.821. The normalized spacial score (nSPS) is 18.9. The van der Waals surface area contributed by atoms with Gasteiger partial charge >= 0.3 is 0 Å². The number of halogens is 2. The minimum Gasteiger partial charge on any atom is -0.396 e. The molecule has 104 valence electrons. The van der Waals surface area contributed by atoms with E-state index in [0.717, 1.165) is 25.0 Å². The molecule has 1 atom stereocenters. The fourth-order valence-corrected chi connectivity index (χ4v) is 2.55. The number of benzene rings is 1. The Bertz CT molecular complexity index is 465. The maximum absolute atomic E-state index is 13.6. The first-order valence-corrected chi connectivity index (χ1v) is 6.50. The topological polar surface area (TPSA) is 40.5 Å². The van der Waals surface area contributed by atoms with Gasteiger partial charge in [-0.2, -0.15) is 0 Å². The van der Waals surface area contributed by atoms with E-state index >= 15 is 0 Å². The number of aliphatic hydroxyl groups is 1. The van der Waals surface area contributed by atoms with Crippen molar-refractivity contribution < 1.29 is 18.7 Å². The van der Waals surface area contributed by atoms with Crippen molar-refractivity contribution in [2.75, 3.05) is 13.2 Å². The van der Waals surface area contributed by atoms with Crippen LogP contribution in [0.2, 0.25) is 0 Å². The molecule has 3 nitrogen and oxygen atoms in total. The lowest BCUT2D eigenvalue weighted by Crippen LogP contribution is -2.36. The SMILES string of the molecule is O=C(c1ccc(F)cc1F)N1CCCC1CCCO. The summed E-state index contributed by atoms with van der Waals surface area (Å²) in [7, 11) is 0. The van der Waals surface area contributed by atoms with Crippen LogP contribution >= 0.6 is 0 Å². The number of hydrogen-bond donors (Lipinski definition) is 1. The summed E-state index contributed by atoms with van der Waals surface area (Å²) in [6.45, 7) is 0.676. The molecule has 0 bridgehead atoms. The molecule has 1 unspecified atom stereocenters. The largest absolute Gasteiger partial charge is 0.396 e. The van der Waals surface area contributed by atoms with Crippen molar-refractivity contribution in [3.05, 3.63) is 35.4 Å². The second-order valence-electron chi connectivity index (χ2n) is 4.78. The minimum absolute atomic E-state index is 0.0455. The third kappa shape index (κ3) is 3.10. The third-order valence-electron chi connectivity index (χ3n) is 3.50. The van der Waals surface area contributed by atoms with Crippen molar-refractivity contribution in [1.82, 2.24) is 4.90 Å². The smallest absolute Gasteiger partial charge is 0.257 e. The van der Waals surface area contributed by atoms with Crippen LogP contribution in [0.4, 0.5) is 8.78 Å². The van der Waals surface area contributed by atoms with Gasteiger partial charge in [0.2, 0.25) is 0 Å². The van der Waals surface area contributed by atoms with Gasteiger partial charge in [-0.05, 0) is 37.8 Å². The zero-order valence-corrected chi connectivity index (χ0v) is 10.6. The Morgan fingerprint density at radius 3 is 2.89 bits per heavy atom. The van der Waals surface area contributed by atoms with Gasteiger partial charge < -0.3 is 10.0 Å². The molecule has 1 aromatic carbocycles. The molecule has 19 heavy (non-hydrogen) atoms. The molecule has 1 aliphatic heterocycles. The highest BCUT2D eigenvalue weighted by Gasteiger charge is 2.30. The van der Waals surface area contributed by atoms with Crippen molar-refractivity contribution in [1.29, 1.82) is 0 Å². The first-order valence-electron chi connectivity index (χ1n) is 6.50. The van der Waals surface area contributed by atoms with Crippen molar-refractivity contribution in [2.24, 2.45) is 0 Å². The van der Waals surface area contributed by atoms with E-state index in [-0.39, 0.29) is 18.2 Å². The lowest BCUT2D eigenvalue weighted by atomic mass is 10.1. The number of amides is 1. The number of aliphatic hydroxyl groups excluding tert-OH is 1. The number of hydrogen-bond acceptors (Lipinski definition) is 2. The van der Waals surface area contributed by atoms with Crippen LogP contribution in [0.5, 0.6) is 0 Å². The molecule has 0 aliphatic carbocycles. The summed E-state index contributed by atoms with van der Waals surface area (Å²) in [5.74, 6) is -1.90. The van der Waals surface area contributed by atoms with Gasteiger partial charge in [-0.15, -0.1) is 0 Å². The molecule has 0 radical (unpaired) electrons. The van der Waals surface area contributed by atoms with E-state index in [1.165, 1.54) is 6.07 Å². The second kappa shape index (κ2) is 6.10. The van der Waals surface area contributed by atoms with Gasteiger partial charge in [0, 0.05) is 25.3 Å². The van der Waals surface area contributed by atoms with Crippen LogP contribution in [0.15, 0.2) is 18.2 Å². The van der Waals surface area contributed by atoms with E-state index in [1.54, 1.807) is 4.90 Å². The summed E-state index contributed by atoms with van der Waals surface area (Å²) >= 11 is 0. The summed E-state index contributed by atoms with van der Waals surface area (Å²) in [6, 6.07) is 3.05. The number of carbonyl (C=O) groups is 1. The molecule has 1 amide bonds. The molecule has 1 aliphatic rings. The Morgan fingerprint density at radius 2 is 2.21 bits per heavy atom. The maximum Gasteiger partial charge on any atom is 0.257 e. The van der Waals surface area contributed by atoms with Crippen molar-refractivity contribution in [3.8, 4) is 0 Å². The lowest BCUT2D eigenvalue weighted by Gasteiger charge is -2.24. The Morgan fingerprint density at radius 1 is 1.42 bits per heavy atom. The fraction of sp³-hybridized carbons (Fsp3) is 0.500. The summed E-state index contributed by atoms with van der Waals surface area (Å²) in [5.41, 5.74) is -0.0858. The number of carbonyl (C=O) groups excluding carboxylic acids is 1. The predicted molar refractivity (Wildman–Crippen MR) is 66.7 cm³/mol. The Balaban J connectivity index is 2.13. The molecule has 2 rings (SSSR count). The van der Waals surface area contributed by atoms with Crippen LogP contribution in [0.25, 0.3) is 0 Å². The van der Waals surface area contributed by atoms with Gasteiger partial charge in [-0.1, -0.05) is 0 Å². The summed E-state index contributed by atoms with van der Waals surface area (Å²) in [6.07, 6.45) is 3.09. The Kier molecular flexibility index (Phi) is 4.47. The average molecular weight is 269 g/mol. The highest BCUT2D eigenvalue weighted by molar-refractivity contribution is 5.94. The Hall–Kier alpha value is -1.49. The van der Waals surface area contributed by atoms with Crippen LogP contribution < -0.4 is 0 Å². The highest BCUT2D eigenvalue weighted by atomic mass is 19.1. The molecular weight excluding hydrogens is 252 g/mol. The number of nitrogens with zero attached hydrogens (tertiary/aromatic N) is 1. The van der Waals surface area contributed by atoms with Crippen molar-refractivity contribution >= 4 is 5.91 Å². The second-order valence-corrected chi connectivity index (χ2v) is 4.78. The van der Waals surface area contributed by atoms with E-state index in [9.17, 15) is 13.6 Å². The molecule has 5 heteroatoms. The first kappa shape index (κ1) is 13.9. The van der Waals surface area contributed by atoms with Gasteiger partial charge in [-0.3, -0.25) is 4.79 Å². The quantitative estimate of drug-likeness (QED) is 0.911. The zero-order chi connectivity index (χ0) is 13.8. The third-order valence-corrected chi connectivity index (χ3v) is 3.50. The number of rotatable bonds is 4. The predicted octanol–water partition coefficient (Wildman–Crippen LogP) is 2.34. The standard InChI is InChI=1S/C14H17F2NO2/c15-10-5-6-12(13(16)9-10)14(19)17-7-1-3-11(17)4-2-8-18/h5-6,9,11,18H,1-4,7-8H2. The van der Waals surface area contributed by atoms with Crippen LogP contribution in [0.1, 0.15) is 36.0 Å². The van der Waals surface area contributed by atoms with E-state index in [2.05, 4.69) is 0 Å². The first-order chi connectivity index (χ1) is 9.13. The molecular formula is C14H17F2NO2. The molecule has 1 saturated heterocycles. The molecule has 0 aromatic heterocycles. The highest BCUT2D eigenvalue weighted by Crippen LogP contribution is 2.24. The van der Waals surface area contributed by atoms with Crippen LogP contribution in [0.3, 0.4) is 0 Å². The van der Waals surface area contributed by atoms with Crippen molar-refractivity contribution in [2.45, 2.75) is 31.7 Å². The van der Waals surface area contributed by atoms with E-state index in [0.29, 0.717) is 19.4 Å². The van der Waals surface area contributed by atoms with Crippen molar-refractivity contribution in [3.63, 3.8) is 0 Å². The molecule has 1 heterocycles. The van der Waals surface area contributed by atoms with Crippen LogP contribution in [-0.4, -0.2) is 35.1 Å². The fourth-order valence-electron chi connectivity index (χ4n) is 2.55. The molecule has 1 N–H and O–H groups in total. The van der Waals surface area contributed by atoms with Gasteiger partial charge in [-0.25, -0.2) is 8.78 Å². The molecule has 0 saturated carbocycles. The van der Waals surface area contributed by atoms with Crippen LogP contribution in [0, 0.1) is 11.6 Å². The van der Waals surface area contributed by atoms with Gasteiger partial charge in [0.1, 0.15) is 11.6 Å². The summed E-state index contributed by atoms with van der Waals surface area (Å²) in [4.78, 5) is 13.9. The molecule has 1 aromatic rings. The zero-order valence-electron chi connectivity index (χ0n) is 10.6. The van der Waals surface area contributed by atoms with Crippen LogP contribution in [-0.2, 0) is 0 Å². The lowest BCUT2D eigenvalue weighted by molar-refractivity contribution is 0.0719. The van der Waals surface area contributed by atoms with Gasteiger partial charge in [0.05, 0.1) is 5.56 Å². The average Bonchev–Trinajstić information content (AvgIpc) is 2.83. The molecule has 0 spiro atoms. The Labute approximate surface area is 110 Å². The molecule has 1 fully saturated rings. The number of likely N-dealkylation sites (tertiary alicyclic amines) is 1. The van der Waals surface area contributed by atoms with Gasteiger partial charge in [0.15, 0.2) is 0 Å². The van der Waals surface area contributed by atoms with E-state index in [1.807, 2.05) is 0 Å². The van der Waals surface area contributed by atoms with Gasteiger partial charge in [0.25, 0.3) is 5.91 Å². The van der Waals surface area contributed by atoms with E-state index in [4.69, 9.17) is 5.11 Å². The monoisotopic (exact) mass is 269 g/mol. The maximum atomic E-state index is 13.6. The summed E-state index contributed by atoms with van der Waals surface area (Å²) < 4.78 is 26.4.